The van der Waals surface area contributed by atoms with Crippen LogP contribution in [-0.2, 0) is 9.53 Å². The highest BCUT2D eigenvalue weighted by molar-refractivity contribution is 7.22. The molecular weight excluding hydrogens is 340 g/mol. The van der Waals surface area contributed by atoms with Crippen molar-refractivity contribution in [1.82, 2.24) is 9.88 Å². The minimum Gasteiger partial charge on any atom is -0.444 e. The van der Waals surface area contributed by atoms with E-state index in [2.05, 4.69) is 11.1 Å². The Balaban J connectivity index is 1.75. The molecule has 2 amide bonds. The normalized spacial score (nSPS) is 15.4. The molecule has 1 fully saturated rings. The number of aromatic nitrogens is 1. The van der Waals surface area contributed by atoms with Gasteiger partial charge >= 0.3 is 6.09 Å². The van der Waals surface area contributed by atoms with Crippen LogP contribution in [0.2, 0.25) is 0 Å². The van der Waals surface area contributed by atoms with Gasteiger partial charge in [-0.2, -0.15) is 5.26 Å². The largest absolute Gasteiger partial charge is 0.444 e. The van der Waals surface area contributed by atoms with Crippen LogP contribution in [0.5, 0.6) is 0 Å². The molecule has 2 heterocycles. The monoisotopic (exact) mass is 358 g/mol. The first-order valence-electron chi connectivity index (χ1n) is 7.86. The fourth-order valence-corrected chi connectivity index (χ4v) is 3.45. The van der Waals surface area contributed by atoms with Crippen LogP contribution in [0.15, 0.2) is 18.2 Å². The smallest absolute Gasteiger partial charge is 0.410 e. The molecule has 8 heteroatoms. The molecular formula is C17H18N4O3S. The van der Waals surface area contributed by atoms with E-state index < -0.39 is 11.7 Å². The van der Waals surface area contributed by atoms with Crippen LogP contribution in [0.25, 0.3) is 10.2 Å². The zero-order chi connectivity index (χ0) is 18.2. The van der Waals surface area contributed by atoms with Gasteiger partial charge in [-0.1, -0.05) is 11.3 Å². The predicted octanol–water partition coefficient (Wildman–Crippen LogP) is 2.75. The molecule has 0 atom stereocenters. The Kier molecular flexibility index (Phi) is 4.35. The standard InChI is InChI=1S/C17H18N4O3S/c1-17(2,3)24-16(23)20-6-7-21(14(22)10-20)15-19-12-8-11(9-18)4-5-13(12)25-15/h4-5,8H,6-7,10H2,1-3H3. The van der Waals surface area contributed by atoms with E-state index in [1.54, 1.807) is 37.8 Å². The molecule has 1 aliphatic rings. The summed E-state index contributed by atoms with van der Waals surface area (Å²) in [4.78, 5) is 32.0. The fourth-order valence-electron chi connectivity index (χ4n) is 2.46. The van der Waals surface area contributed by atoms with E-state index in [1.807, 2.05) is 6.07 Å². The molecule has 0 spiro atoms. The second-order valence-corrected chi connectivity index (χ2v) is 7.75. The van der Waals surface area contributed by atoms with Gasteiger partial charge in [0.1, 0.15) is 12.1 Å². The van der Waals surface area contributed by atoms with E-state index in [1.165, 1.54) is 16.2 Å². The Morgan fingerprint density at radius 1 is 1.36 bits per heavy atom. The molecule has 0 aliphatic carbocycles. The van der Waals surface area contributed by atoms with Gasteiger partial charge in [-0.3, -0.25) is 14.6 Å². The third-order valence-electron chi connectivity index (χ3n) is 3.61. The van der Waals surface area contributed by atoms with Gasteiger partial charge in [-0.05, 0) is 39.0 Å². The maximum absolute atomic E-state index is 12.5. The average Bonchev–Trinajstić information content (AvgIpc) is 2.95. The van der Waals surface area contributed by atoms with E-state index in [4.69, 9.17) is 10.00 Å². The SMILES string of the molecule is CC(C)(C)OC(=O)N1CCN(c2nc3cc(C#N)ccc3s2)C(=O)C1. The van der Waals surface area contributed by atoms with E-state index in [0.29, 0.717) is 29.3 Å². The van der Waals surface area contributed by atoms with Crippen LogP contribution >= 0.6 is 11.3 Å². The maximum atomic E-state index is 12.5. The lowest BCUT2D eigenvalue weighted by molar-refractivity contribution is -0.121. The number of nitrogens with zero attached hydrogens (tertiary/aromatic N) is 4. The maximum Gasteiger partial charge on any atom is 0.410 e. The second kappa shape index (κ2) is 6.33. The lowest BCUT2D eigenvalue weighted by atomic mass is 10.2. The number of ether oxygens (including phenoxy) is 1. The molecule has 1 saturated heterocycles. The van der Waals surface area contributed by atoms with Gasteiger partial charge in [-0.25, -0.2) is 9.78 Å². The van der Waals surface area contributed by atoms with Crippen molar-refractivity contribution in [2.45, 2.75) is 26.4 Å². The highest BCUT2D eigenvalue weighted by atomic mass is 32.1. The van der Waals surface area contributed by atoms with Crippen LogP contribution in [0.3, 0.4) is 0 Å². The lowest BCUT2D eigenvalue weighted by Gasteiger charge is -2.33. The summed E-state index contributed by atoms with van der Waals surface area (Å²) >= 11 is 1.40. The van der Waals surface area contributed by atoms with Gasteiger partial charge in [0.25, 0.3) is 0 Å². The summed E-state index contributed by atoms with van der Waals surface area (Å²) in [6.45, 7) is 6.09. The first kappa shape index (κ1) is 17.2. The number of piperazine rings is 1. The Hall–Kier alpha value is -2.66. The van der Waals surface area contributed by atoms with Crippen LogP contribution in [-0.4, -0.2) is 47.1 Å². The lowest BCUT2D eigenvalue weighted by Crippen LogP contribution is -2.53. The molecule has 130 valence electrons. The predicted molar refractivity (Wildman–Crippen MR) is 94.5 cm³/mol. The van der Waals surface area contributed by atoms with Crippen molar-refractivity contribution < 1.29 is 14.3 Å². The quantitative estimate of drug-likeness (QED) is 0.782. The zero-order valence-corrected chi connectivity index (χ0v) is 15.1. The molecule has 7 nitrogen and oxygen atoms in total. The van der Waals surface area contributed by atoms with Crippen molar-refractivity contribution in [2.24, 2.45) is 0 Å². The first-order chi connectivity index (χ1) is 11.8. The minimum absolute atomic E-state index is 0.0334. The third kappa shape index (κ3) is 3.72. The minimum atomic E-state index is -0.594. The molecule has 1 aliphatic heterocycles. The first-order valence-corrected chi connectivity index (χ1v) is 8.67. The number of hydrogen-bond acceptors (Lipinski definition) is 6. The van der Waals surface area contributed by atoms with E-state index in [-0.39, 0.29) is 12.5 Å². The summed E-state index contributed by atoms with van der Waals surface area (Å²) in [7, 11) is 0. The molecule has 0 N–H and O–H groups in total. The van der Waals surface area contributed by atoms with Crippen molar-refractivity contribution in [3.63, 3.8) is 0 Å². The molecule has 0 saturated carbocycles. The Morgan fingerprint density at radius 3 is 2.76 bits per heavy atom. The average molecular weight is 358 g/mol. The summed E-state index contributed by atoms with van der Waals surface area (Å²) in [5.74, 6) is -0.198. The number of anilines is 1. The van der Waals surface area contributed by atoms with Crippen LogP contribution in [0.1, 0.15) is 26.3 Å². The Labute approximate surface area is 149 Å². The topological polar surface area (TPSA) is 86.5 Å². The number of benzene rings is 1. The van der Waals surface area contributed by atoms with Crippen LogP contribution in [0, 0.1) is 11.3 Å². The molecule has 0 unspecified atom stereocenters. The summed E-state index contributed by atoms with van der Waals surface area (Å²) in [6.07, 6.45) is -0.483. The molecule has 1 aromatic carbocycles. The van der Waals surface area contributed by atoms with Crippen LogP contribution < -0.4 is 4.90 Å². The highest BCUT2D eigenvalue weighted by Gasteiger charge is 2.32. The van der Waals surface area contributed by atoms with Gasteiger partial charge < -0.3 is 4.74 Å². The van der Waals surface area contributed by atoms with Gasteiger partial charge in [-0.15, -0.1) is 0 Å². The number of nitriles is 1. The summed E-state index contributed by atoms with van der Waals surface area (Å²) in [5, 5.41) is 9.55. The summed E-state index contributed by atoms with van der Waals surface area (Å²) in [6, 6.07) is 7.34. The number of hydrogen-bond donors (Lipinski definition) is 0. The van der Waals surface area contributed by atoms with Crippen molar-refractivity contribution in [2.75, 3.05) is 24.5 Å². The van der Waals surface area contributed by atoms with E-state index >= 15 is 0 Å². The third-order valence-corrected chi connectivity index (χ3v) is 4.67. The van der Waals surface area contributed by atoms with Gasteiger partial charge in [0.15, 0.2) is 5.13 Å². The van der Waals surface area contributed by atoms with Crippen molar-refractivity contribution in [3.05, 3.63) is 23.8 Å². The molecule has 0 bridgehead atoms. The molecule has 25 heavy (non-hydrogen) atoms. The Morgan fingerprint density at radius 2 is 2.12 bits per heavy atom. The summed E-state index contributed by atoms with van der Waals surface area (Å²) < 4.78 is 6.23. The Bertz CT molecular complexity index is 878. The van der Waals surface area contributed by atoms with Gasteiger partial charge in [0.05, 0.1) is 21.8 Å². The number of thiazole rings is 1. The highest BCUT2D eigenvalue weighted by Crippen LogP contribution is 2.30. The molecule has 0 radical (unpaired) electrons. The molecule has 3 rings (SSSR count). The number of amides is 2. The number of carbonyl (C=O) groups is 2. The van der Waals surface area contributed by atoms with Crippen molar-refractivity contribution in [3.8, 4) is 6.07 Å². The van der Waals surface area contributed by atoms with Crippen molar-refractivity contribution in [1.29, 1.82) is 5.26 Å². The fraction of sp³-hybridized carbons (Fsp3) is 0.412. The number of carbonyl (C=O) groups excluding carboxylic acids is 2. The number of fused-ring (bicyclic) bond motifs is 1. The van der Waals surface area contributed by atoms with Crippen LogP contribution in [0.4, 0.5) is 9.93 Å². The molecule has 1 aromatic heterocycles. The van der Waals surface area contributed by atoms with Crippen molar-refractivity contribution >= 4 is 38.7 Å². The van der Waals surface area contributed by atoms with E-state index in [9.17, 15) is 9.59 Å². The number of rotatable bonds is 1. The van der Waals surface area contributed by atoms with E-state index in [0.717, 1.165) is 4.70 Å². The second-order valence-electron chi connectivity index (χ2n) is 6.74. The van der Waals surface area contributed by atoms with Gasteiger partial charge in [0, 0.05) is 13.1 Å². The summed E-state index contributed by atoms with van der Waals surface area (Å²) in [5.41, 5.74) is 0.634. The molecule has 2 aromatic rings. The zero-order valence-electron chi connectivity index (χ0n) is 14.3. The van der Waals surface area contributed by atoms with Gasteiger partial charge in [0.2, 0.25) is 5.91 Å².